The lowest BCUT2D eigenvalue weighted by Crippen LogP contribution is -2.00. The largest absolute Gasteiger partial charge is 0.490 e. The van der Waals surface area contributed by atoms with Gasteiger partial charge in [0, 0.05) is 0 Å². The van der Waals surface area contributed by atoms with Gasteiger partial charge in [0.05, 0.1) is 29.8 Å². The molecule has 1 aromatic heterocycles. The molecule has 0 fully saturated rings. The maximum absolute atomic E-state index is 9.71. The predicted molar refractivity (Wildman–Crippen MR) is 117 cm³/mol. The van der Waals surface area contributed by atoms with Crippen LogP contribution in [-0.2, 0) is 0 Å². The molecule has 1 N–H and O–H groups in total. The Labute approximate surface area is 172 Å². The number of aryl methyl sites for hydroxylation is 2. The molecule has 0 spiro atoms. The topological polar surface area (TPSA) is 70.9 Å². The van der Waals surface area contributed by atoms with Crippen LogP contribution >= 0.6 is 0 Å². The molecule has 0 saturated heterocycles. The van der Waals surface area contributed by atoms with Gasteiger partial charge in [0.2, 0.25) is 0 Å². The third-order valence-corrected chi connectivity index (χ3v) is 4.81. The Hall–Kier alpha value is -3.26. The lowest BCUT2D eigenvalue weighted by atomic mass is 10.1. The third-order valence-electron chi connectivity index (χ3n) is 4.81. The first-order valence-corrected chi connectivity index (χ1v) is 10.0. The van der Waals surface area contributed by atoms with E-state index in [0.717, 1.165) is 35.2 Å². The molecular formula is C24H27N3O2. The number of rotatable bonds is 8. The number of unbranched alkanes of at least 4 members (excludes halogenated alkanes) is 1. The van der Waals surface area contributed by atoms with Crippen molar-refractivity contribution in [2.24, 2.45) is 0 Å². The number of imidazole rings is 1. The number of hydrogen-bond acceptors (Lipinski definition) is 4. The highest BCUT2D eigenvalue weighted by Gasteiger charge is 2.11. The zero-order valence-corrected chi connectivity index (χ0v) is 17.5. The van der Waals surface area contributed by atoms with Gasteiger partial charge < -0.3 is 14.5 Å². The van der Waals surface area contributed by atoms with Crippen molar-refractivity contribution in [3.8, 4) is 17.6 Å². The minimum Gasteiger partial charge on any atom is -0.490 e. The number of nitriles is 1. The van der Waals surface area contributed by atoms with Crippen LogP contribution in [0.1, 0.15) is 49.2 Å². The molecule has 0 saturated carbocycles. The molecule has 0 atom stereocenters. The summed E-state index contributed by atoms with van der Waals surface area (Å²) in [6, 6.07) is 12.1. The first-order chi connectivity index (χ1) is 14.0. The van der Waals surface area contributed by atoms with Gasteiger partial charge in [-0.2, -0.15) is 5.26 Å². The van der Waals surface area contributed by atoms with E-state index in [1.165, 1.54) is 11.1 Å². The van der Waals surface area contributed by atoms with E-state index in [9.17, 15) is 5.26 Å². The summed E-state index contributed by atoms with van der Waals surface area (Å²) in [6.07, 6.45) is 3.89. The predicted octanol–water partition coefficient (Wildman–Crippen LogP) is 5.82. The van der Waals surface area contributed by atoms with Crippen molar-refractivity contribution in [1.29, 1.82) is 5.26 Å². The number of H-pyrrole nitrogens is 1. The molecule has 3 rings (SSSR count). The minimum atomic E-state index is 0.471. The Balaban J connectivity index is 1.94. The molecule has 150 valence electrons. The van der Waals surface area contributed by atoms with Crippen molar-refractivity contribution in [2.75, 3.05) is 13.2 Å². The van der Waals surface area contributed by atoms with Crippen LogP contribution in [-0.4, -0.2) is 23.2 Å². The van der Waals surface area contributed by atoms with Crippen molar-refractivity contribution >= 4 is 22.7 Å². The number of nitrogens with one attached hydrogen (secondary N) is 1. The van der Waals surface area contributed by atoms with E-state index in [4.69, 9.17) is 9.47 Å². The molecule has 0 aliphatic rings. The molecule has 2 aromatic carbocycles. The summed E-state index contributed by atoms with van der Waals surface area (Å²) in [5.74, 6) is 1.98. The van der Waals surface area contributed by atoms with E-state index in [1.54, 1.807) is 0 Å². The van der Waals surface area contributed by atoms with Crippen molar-refractivity contribution in [3.63, 3.8) is 0 Å². The minimum absolute atomic E-state index is 0.471. The van der Waals surface area contributed by atoms with Crippen LogP contribution in [0.15, 0.2) is 30.3 Å². The zero-order chi connectivity index (χ0) is 20.8. The zero-order valence-electron chi connectivity index (χ0n) is 17.5. The lowest BCUT2D eigenvalue weighted by Gasteiger charge is -2.12. The summed E-state index contributed by atoms with van der Waals surface area (Å²) in [4.78, 5) is 7.87. The summed E-state index contributed by atoms with van der Waals surface area (Å²) in [7, 11) is 0. The molecule has 0 radical (unpaired) electrons. The average molecular weight is 389 g/mol. The van der Waals surface area contributed by atoms with Gasteiger partial charge in [-0.25, -0.2) is 4.98 Å². The number of ether oxygens (including phenoxy) is 2. The highest BCUT2D eigenvalue weighted by atomic mass is 16.5. The second-order valence-corrected chi connectivity index (χ2v) is 7.05. The molecule has 0 unspecified atom stereocenters. The van der Waals surface area contributed by atoms with E-state index in [1.807, 2.05) is 37.3 Å². The third kappa shape index (κ3) is 4.78. The molecule has 5 nitrogen and oxygen atoms in total. The van der Waals surface area contributed by atoms with Gasteiger partial charge >= 0.3 is 0 Å². The molecule has 1 heterocycles. The van der Waals surface area contributed by atoms with E-state index < -0.39 is 0 Å². The Bertz CT molecular complexity index is 1030. The number of hydrogen-bond donors (Lipinski definition) is 1. The van der Waals surface area contributed by atoms with Crippen molar-refractivity contribution in [1.82, 2.24) is 9.97 Å². The van der Waals surface area contributed by atoms with Crippen LogP contribution in [0.25, 0.3) is 22.7 Å². The number of aromatic nitrogens is 2. The number of fused-ring (bicyclic) bond motifs is 1. The average Bonchev–Trinajstić information content (AvgIpc) is 3.10. The fourth-order valence-corrected chi connectivity index (χ4v) is 3.05. The monoisotopic (exact) mass is 389 g/mol. The molecular weight excluding hydrogens is 362 g/mol. The summed E-state index contributed by atoms with van der Waals surface area (Å²) in [6.45, 7) is 9.40. The second kappa shape index (κ2) is 9.29. The first-order valence-electron chi connectivity index (χ1n) is 10.0. The number of nitrogens with zero attached hydrogens (tertiary/aromatic N) is 2. The summed E-state index contributed by atoms with van der Waals surface area (Å²) >= 11 is 0. The Morgan fingerprint density at radius 2 is 1.90 bits per heavy atom. The molecule has 29 heavy (non-hydrogen) atoms. The van der Waals surface area contributed by atoms with Crippen molar-refractivity contribution in [2.45, 2.75) is 40.5 Å². The maximum Gasteiger partial charge on any atom is 0.161 e. The molecule has 0 bridgehead atoms. The molecule has 5 heteroatoms. The van der Waals surface area contributed by atoms with Gasteiger partial charge in [-0.3, -0.25) is 0 Å². The van der Waals surface area contributed by atoms with Gasteiger partial charge in [-0.1, -0.05) is 19.4 Å². The van der Waals surface area contributed by atoms with Crippen LogP contribution in [0.4, 0.5) is 0 Å². The van der Waals surface area contributed by atoms with E-state index >= 15 is 0 Å². The van der Waals surface area contributed by atoms with Crippen molar-refractivity contribution < 1.29 is 9.47 Å². The normalized spacial score (nSPS) is 11.5. The Morgan fingerprint density at radius 3 is 2.62 bits per heavy atom. The Kier molecular flexibility index (Phi) is 6.56. The fourth-order valence-electron chi connectivity index (χ4n) is 3.05. The Morgan fingerprint density at radius 1 is 1.10 bits per heavy atom. The first kappa shape index (κ1) is 20.5. The highest BCUT2D eigenvalue weighted by Crippen LogP contribution is 2.30. The molecule has 0 amide bonds. The standard InChI is InChI=1S/C24H27N3O2/c1-5-7-10-29-22-9-8-18(14-23(22)28-6-2)13-19(15-25)24-26-20-11-16(3)17(4)12-21(20)27-24/h8-9,11-14H,5-7,10H2,1-4H3,(H,26,27)/b19-13-. The second-order valence-electron chi connectivity index (χ2n) is 7.05. The van der Waals surface area contributed by atoms with E-state index in [-0.39, 0.29) is 0 Å². The summed E-state index contributed by atoms with van der Waals surface area (Å²) in [5.41, 5.74) is 5.49. The number of allylic oxidation sites excluding steroid dienone is 1. The molecule has 0 aliphatic carbocycles. The molecule has 0 aliphatic heterocycles. The summed E-state index contributed by atoms with van der Waals surface area (Å²) in [5, 5.41) is 9.71. The van der Waals surface area contributed by atoms with Crippen LogP contribution in [0.2, 0.25) is 0 Å². The van der Waals surface area contributed by atoms with E-state index in [2.05, 4.69) is 42.9 Å². The molecule has 3 aromatic rings. The van der Waals surface area contributed by atoms with Gasteiger partial charge in [0.25, 0.3) is 0 Å². The highest BCUT2D eigenvalue weighted by molar-refractivity contribution is 5.90. The van der Waals surface area contributed by atoms with Gasteiger partial charge in [0.1, 0.15) is 11.9 Å². The lowest BCUT2D eigenvalue weighted by molar-refractivity contribution is 0.272. The van der Waals surface area contributed by atoms with E-state index in [0.29, 0.717) is 30.4 Å². The van der Waals surface area contributed by atoms with Crippen LogP contribution in [0.5, 0.6) is 11.5 Å². The maximum atomic E-state index is 9.71. The van der Waals surface area contributed by atoms with Gasteiger partial charge in [-0.05, 0) is 74.2 Å². The number of aromatic amines is 1. The van der Waals surface area contributed by atoms with Crippen molar-refractivity contribution in [3.05, 3.63) is 52.8 Å². The quantitative estimate of drug-likeness (QED) is 0.389. The smallest absolute Gasteiger partial charge is 0.161 e. The van der Waals surface area contributed by atoms with Crippen LogP contribution in [0, 0.1) is 25.2 Å². The van der Waals surface area contributed by atoms with Crippen LogP contribution in [0.3, 0.4) is 0 Å². The van der Waals surface area contributed by atoms with Gasteiger partial charge in [0.15, 0.2) is 11.5 Å². The summed E-state index contributed by atoms with van der Waals surface area (Å²) < 4.78 is 11.6. The fraction of sp³-hybridized carbons (Fsp3) is 0.333. The van der Waals surface area contributed by atoms with Gasteiger partial charge in [-0.15, -0.1) is 0 Å². The van der Waals surface area contributed by atoms with Crippen LogP contribution < -0.4 is 9.47 Å². The SMILES string of the molecule is CCCCOc1ccc(/C=C(/C#N)c2nc3cc(C)c(C)cc3[nH]2)cc1OCC. The number of benzene rings is 2.